The van der Waals surface area contributed by atoms with E-state index in [4.69, 9.17) is 16.9 Å². The Morgan fingerprint density at radius 2 is 1.80 bits per heavy atom. The van der Waals surface area contributed by atoms with Crippen LogP contribution in [-0.2, 0) is 18.1 Å². The van der Waals surface area contributed by atoms with E-state index in [-0.39, 0.29) is 23.6 Å². The third kappa shape index (κ3) is 6.64. The van der Waals surface area contributed by atoms with E-state index >= 15 is 0 Å². The van der Waals surface area contributed by atoms with Crippen molar-refractivity contribution in [3.63, 3.8) is 0 Å². The van der Waals surface area contributed by atoms with E-state index in [1.165, 1.54) is 12.1 Å². The van der Waals surface area contributed by atoms with E-state index in [2.05, 4.69) is 27.3 Å². The Bertz CT molecular complexity index is 1810. The summed E-state index contributed by atoms with van der Waals surface area (Å²) in [5.74, 6) is 0. The Morgan fingerprint density at radius 1 is 1.04 bits per heavy atom. The fourth-order valence-corrected chi connectivity index (χ4v) is 6.63. The number of alkyl halides is 3. The first-order chi connectivity index (χ1) is 22.1. The lowest BCUT2D eigenvalue weighted by Gasteiger charge is -2.39. The molecule has 0 saturated carbocycles. The molecule has 0 atom stereocenters. The van der Waals surface area contributed by atoms with Crippen LogP contribution in [0.3, 0.4) is 0 Å². The van der Waals surface area contributed by atoms with Gasteiger partial charge in [0.25, 0.3) is 0 Å². The summed E-state index contributed by atoms with van der Waals surface area (Å²) in [6.07, 6.45) is 2.80. The molecule has 2 aliphatic heterocycles. The third-order valence-electron chi connectivity index (χ3n) is 8.87. The van der Waals surface area contributed by atoms with Crippen molar-refractivity contribution in [1.82, 2.24) is 15.2 Å². The van der Waals surface area contributed by atoms with E-state index in [1.807, 2.05) is 24.3 Å². The number of benzene rings is 3. The maximum absolute atomic E-state index is 13.9. The molecular formula is C36H31ClF3N5O. The number of aromatic nitrogens is 1. The zero-order valence-electron chi connectivity index (χ0n) is 24.9. The van der Waals surface area contributed by atoms with Gasteiger partial charge in [0.1, 0.15) is 5.15 Å². The van der Waals surface area contributed by atoms with E-state index in [0.717, 1.165) is 55.2 Å². The molecule has 0 bridgehead atoms. The zero-order chi connectivity index (χ0) is 32.3. The summed E-state index contributed by atoms with van der Waals surface area (Å²) in [6.45, 7) is 3.04. The van der Waals surface area contributed by atoms with Crippen LogP contribution in [-0.4, -0.2) is 42.1 Å². The van der Waals surface area contributed by atoms with Crippen molar-refractivity contribution >= 4 is 29.4 Å². The highest BCUT2D eigenvalue weighted by molar-refractivity contribution is 6.29. The number of anilines is 1. The van der Waals surface area contributed by atoms with Crippen molar-refractivity contribution in [2.75, 3.05) is 31.1 Å². The van der Waals surface area contributed by atoms with Crippen molar-refractivity contribution in [3.8, 4) is 17.2 Å². The second kappa shape index (κ2) is 13.0. The summed E-state index contributed by atoms with van der Waals surface area (Å²) in [7, 11) is 0. The van der Waals surface area contributed by atoms with Crippen molar-refractivity contribution in [2.45, 2.75) is 31.0 Å². The number of carbonyl (C=O) groups is 1. The van der Waals surface area contributed by atoms with E-state index in [1.54, 1.807) is 53.6 Å². The van der Waals surface area contributed by atoms with Crippen LogP contribution in [0.15, 0.2) is 91.1 Å². The second-order valence-electron chi connectivity index (χ2n) is 11.7. The van der Waals surface area contributed by atoms with Gasteiger partial charge in [-0.25, -0.2) is 9.78 Å². The Balaban J connectivity index is 1.24. The summed E-state index contributed by atoms with van der Waals surface area (Å²) in [5, 5.41) is 12.3. The third-order valence-corrected chi connectivity index (χ3v) is 9.08. The molecule has 46 heavy (non-hydrogen) atoms. The first kappa shape index (κ1) is 31.3. The number of carbonyl (C=O) groups excluding carboxylic acids is 1. The molecule has 4 aromatic rings. The number of pyridine rings is 1. The first-order valence-corrected chi connectivity index (χ1v) is 15.4. The summed E-state index contributed by atoms with van der Waals surface area (Å²) in [5.41, 5.74) is 3.51. The van der Waals surface area contributed by atoms with E-state index in [0.29, 0.717) is 28.5 Å². The number of fused-ring (bicyclic) bond motifs is 2. The van der Waals surface area contributed by atoms with Crippen molar-refractivity contribution in [3.05, 3.63) is 124 Å². The Morgan fingerprint density at radius 3 is 2.52 bits per heavy atom. The Kier molecular flexibility index (Phi) is 8.85. The van der Waals surface area contributed by atoms with Crippen molar-refractivity contribution in [2.24, 2.45) is 0 Å². The van der Waals surface area contributed by atoms with Gasteiger partial charge in [-0.3, -0.25) is 9.80 Å². The lowest BCUT2D eigenvalue weighted by atomic mass is 9.74. The number of rotatable bonds is 6. The summed E-state index contributed by atoms with van der Waals surface area (Å²) in [4.78, 5) is 21.7. The Hall–Kier alpha value is -4.65. The number of hydrogen-bond donors (Lipinski definition) is 1. The number of nitriles is 1. The zero-order valence-corrected chi connectivity index (χ0v) is 25.7. The number of nitrogens with one attached hydrogen (secondary N) is 1. The number of halogens is 4. The van der Waals surface area contributed by atoms with Crippen LogP contribution in [0.25, 0.3) is 17.2 Å². The number of hydrogen-bond acceptors (Lipinski definition) is 4. The van der Waals surface area contributed by atoms with Gasteiger partial charge in [-0.15, -0.1) is 0 Å². The number of piperidine rings is 1. The minimum Gasteiger partial charge on any atom is -0.334 e. The summed E-state index contributed by atoms with van der Waals surface area (Å²) < 4.78 is 41.8. The predicted molar refractivity (Wildman–Crippen MR) is 173 cm³/mol. The van der Waals surface area contributed by atoms with Gasteiger partial charge in [-0.1, -0.05) is 66.2 Å². The van der Waals surface area contributed by atoms with Crippen LogP contribution in [0.2, 0.25) is 5.15 Å². The van der Waals surface area contributed by atoms with E-state index < -0.39 is 11.7 Å². The molecule has 234 valence electrons. The molecule has 0 unspecified atom stereocenters. The van der Waals surface area contributed by atoms with Gasteiger partial charge in [0.15, 0.2) is 0 Å². The molecule has 3 aromatic carbocycles. The molecule has 2 amide bonds. The highest BCUT2D eigenvalue weighted by atomic mass is 35.5. The minimum absolute atomic E-state index is 0.0782. The molecule has 6 rings (SSSR count). The molecule has 10 heteroatoms. The average Bonchev–Trinajstić information content (AvgIpc) is 3.37. The van der Waals surface area contributed by atoms with Gasteiger partial charge in [0.2, 0.25) is 0 Å². The smallest absolute Gasteiger partial charge is 0.334 e. The molecule has 3 heterocycles. The lowest BCUT2D eigenvalue weighted by molar-refractivity contribution is -0.137. The largest absolute Gasteiger partial charge is 0.417 e. The van der Waals surface area contributed by atoms with Crippen LogP contribution in [0.1, 0.15) is 40.7 Å². The number of nitrogens with zero attached hydrogens (tertiary/aromatic N) is 4. The molecule has 2 aliphatic rings. The maximum Gasteiger partial charge on any atom is 0.417 e. The number of amides is 2. The topological polar surface area (TPSA) is 72.3 Å². The number of likely N-dealkylation sites (tertiary alicyclic amines) is 1. The molecule has 1 N–H and O–H groups in total. The van der Waals surface area contributed by atoms with Crippen LogP contribution < -0.4 is 10.2 Å². The van der Waals surface area contributed by atoms with Crippen molar-refractivity contribution < 1.29 is 18.0 Å². The maximum atomic E-state index is 13.9. The summed E-state index contributed by atoms with van der Waals surface area (Å²) in [6, 6.07) is 23.6. The quantitative estimate of drug-likeness (QED) is 0.216. The fraction of sp³-hybridized carbons (Fsp3) is 0.250. The minimum atomic E-state index is -4.51. The molecule has 1 saturated heterocycles. The predicted octanol–water partition coefficient (Wildman–Crippen LogP) is 8.07. The van der Waals surface area contributed by atoms with Gasteiger partial charge in [0.05, 0.1) is 17.2 Å². The van der Waals surface area contributed by atoms with Gasteiger partial charge in [-0.2, -0.15) is 18.4 Å². The van der Waals surface area contributed by atoms with Gasteiger partial charge >= 0.3 is 12.2 Å². The molecule has 1 spiro atoms. The molecule has 0 radical (unpaired) electrons. The lowest BCUT2D eigenvalue weighted by Crippen LogP contribution is -2.47. The summed E-state index contributed by atoms with van der Waals surface area (Å²) >= 11 is 6.02. The monoisotopic (exact) mass is 641 g/mol. The normalized spacial score (nSPS) is 16.0. The first-order valence-electron chi connectivity index (χ1n) is 15.0. The van der Waals surface area contributed by atoms with Crippen LogP contribution in [0.5, 0.6) is 0 Å². The fourth-order valence-electron chi connectivity index (χ4n) is 6.43. The van der Waals surface area contributed by atoms with Crippen molar-refractivity contribution in [1.29, 1.82) is 5.26 Å². The standard InChI is InChI=1S/C36H31ClF3N5O/c37-33-20-27(13-16-42-33)23-43-34(46)45-24-35(14-18-44(19-15-35)17-3-4-25-7-9-26(22-41)10-8-25)31-12-11-28(21-32(31)45)29-5-1-2-6-30(29)36(38,39)40/h1-13,16,20-21H,14-15,17-19,23-24H2,(H,43,46)/b4-3+. The van der Waals surface area contributed by atoms with E-state index in [9.17, 15) is 18.0 Å². The Labute approximate surface area is 270 Å². The van der Waals surface area contributed by atoms with Crippen LogP contribution in [0, 0.1) is 11.3 Å². The molecule has 1 fully saturated rings. The molecular weight excluding hydrogens is 611 g/mol. The van der Waals surface area contributed by atoms with Crippen LogP contribution in [0.4, 0.5) is 23.7 Å². The van der Waals surface area contributed by atoms with Gasteiger partial charge in [0, 0.05) is 36.9 Å². The highest BCUT2D eigenvalue weighted by Gasteiger charge is 2.46. The molecule has 1 aromatic heterocycles. The molecule has 6 nitrogen and oxygen atoms in total. The number of urea groups is 1. The highest BCUT2D eigenvalue weighted by Crippen LogP contribution is 2.49. The average molecular weight is 642 g/mol. The van der Waals surface area contributed by atoms with Crippen LogP contribution >= 0.6 is 11.6 Å². The van der Waals surface area contributed by atoms with Gasteiger partial charge in [-0.05, 0) is 90.1 Å². The second-order valence-corrected chi connectivity index (χ2v) is 12.1. The van der Waals surface area contributed by atoms with Gasteiger partial charge < -0.3 is 5.32 Å². The SMILES string of the molecule is N#Cc1ccc(/C=C/CN2CCC3(CC2)CN(C(=O)NCc2ccnc(Cl)c2)c2cc(-c4ccccc4C(F)(F)F)ccc23)cc1. The molecule has 0 aliphatic carbocycles.